The number of rotatable bonds is 41. The third-order valence-corrected chi connectivity index (χ3v) is 10.4. The number of hydrogen-bond donors (Lipinski definition) is 5. The Bertz CT molecular complexity index is 1310. The minimum atomic E-state index is -4.89. The zero-order chi connectivity index (χ0) is 44.6. The summed E-state index contributed by atoms with van der Waals surface area (Å²) in [6.45, 7) is 1.49. The SMILES string of the molecule is CCCCCC/C=C\C=C/CCCCCCCC(=O)OC[C@H](COP(=O)(O)OC[C@@H](O)COP(=O)(O)O)OC(=O)CCCC(O)/C=C/C=C/C/C=C/CCCCCCCC. The first-order chi connectivity index (χ1) is 28.8. The first-order valence-electron chi connectivity index (χ1n) is 22.1. The molecule has 0 bridgehead atoms. The summed E-state index contributed by atoms with van der Waals surface area (Å²) in [5.74, 6) is -1.25. The number of ether oxygens (including phenoxy) is 2. The quantitative estimate of drug-likeness (QED) is 0.0127. The van der Waals surface area contributed by atoms with E-state index in [1.54, 1.807) is 12.2 Å². The number of carbonyl (C=O) groups excluding carboxylic acids is 2. The van der Waals surface area contributed by atoms with Crippen molar-refractivity contribution < 1.29 is 66.7 Å². The van der Waals surface area contributed by atoms with Gasteiger partial charge in [0.15, 0.2) is 6.10 Å². The average molecular weight is 893 g/mol. The lowest BCUT2D eigenvalue weighted by Gasteiger charge is -2.20. The number of unbranched alkanes of at least 4 members (excludes halogenated alkanes) is 15. The summed E-state index contributed by atoms with van der Waals surface area (Å²) in [7, 11) is -9.75. The highest BCUT2D eigenvalue weighted by molar-refractivity contribution is 7.47. The molecule has 0 spiro atoms. The Morgan fingerprint density at radius 2 is 1.07 bits per heavy atom. The predicted molar refractivity (Wildman–Crippen MR) is 236 cm³/mol. The Morgan fingerprint density at radius 1 is 0.550 bits per heavy atom. The van der Waals surface area contributed by atoms with Crippen molar-refractivity contribution in [2.24, 2.45) is 0 Å². The van der Waals surface area contributed by atoms with E-state index in [0.717, 1.165) is 51.4 Å². The van der Waals surface area contributed by atoms with Crippen LogP contribution in [0.4, 0.5) is 0 Å². The Kier molecular flexibility index (Phi) is 38.1. The van der Waals surface area contributed by atoms with Gasteiger partial charge in [-0.3, -0.25) is 23.2 Å². The molecule has 0 aliphatic heterocycles. The van der Waals surface area contributed by atoms with E-state index in [9.17, 15) is 33.8 Å². The van der Waals surface area contributed by atoms with Gasteiger partial charge < -0.3 is 34.4 Å². The van der Waals surface area contributed by atoms with Crippen LogP contribution in [0.25, 0.3) is 0 Å². The lowest BCUT2D eigenvalue weighted by molar-refractivity contribution is -0.161. The summed E-state index contributed by atoms with van der Waals surface area (Å²) in [5.41, 5.74) is 0. The van der Waals surface area contributed by atoms with Gasteiger partial charge in [-0.2, -0.15) is 0 Å². The zero-order valence-electron chi connectivity index (χ0n) is 36.4. The van der Waals surface area contributed by atoms with Crippen molar-refractivity contribution in [3.05, 3.63) is 60.8 Å². The maximum absolute atomic E-state index is 12.7. The molecular formula is C44H78O14P2. The van der Waals surface area contributed by atoms with E-state index in [4.69, 9.17) is 23.8 Å². The number of esters is 2. The molecule has 0 aliphatic carbocycles. The van der Waals surface area contributed by atoms with Gasteiger partial charge >= 0.3 is 27.6 Å². The molecule has 0 aromatic carbocycles. The minimum absolute atomic E-state index is 0.0980. The molecule has 2 unspecified atom stereocenters. The second-order valence-corrected chi connectivity index (χ2v) is 17.5. The molecule has 0 saturated carbocycles. The van der Waals surface area contributed by atoms with Crippen LogP contribution < -0.4 is 0 Å². The molecule has 0 fully saturated rings. The lowest BCUT2D eigenvalue weighted by Crippen LogP contribution is -2.30. The Labute approximate surface area is 360 Å². The number of phosphoric acid groups is 2. The molecule has 0 aliphatic rings. The van der Waals surface area contributed by atoms with Crippen molar-refractivity contribution in [2.45, 2.75) is 180 Å². The molecule has 5 N–H and O–H groups in total. The number of aliphatic hydroxyl groups is 2. The van der Waals surface area contributed by atoms with Gasteiger partial charge in [-0.25, -0.2) is 9.13 Å². The minimum Gasteiger partial charge on any atom is -0.462 e. The van der Waals surface area contributed by atoms with Crippen molar-refractivity contribution in [1.29, 1.82) is 0 Å². The van der Waals surface area contributed by atoms with Crippen LogP contribution in [0.2, 0.25) is 0 Å². The van der Waals surface area contributed by atoms with E-state index >= 15 is 0 Å². The number of allylic oxidation sites excluding steroid dienone is 9. The van der Waals surface area contributed by atoms with Gasteiger partial charge in [0.05, 0.1) is 25.9 Å². The third kappa shape index (κ3) is 42.5. The van der Waals surface area contributed by atoms with Crippen molar-refractivity contribution in [3.63, 3.8) is 0 Å². The first kappa shape index (κ1) is 57.8. The van der Waals surface area contributed by atoms with Crippen LogP contribution in [-0.4, -0.2) is 81.6 Å². The Hall–Kier alpha value is -2.22. The Morgan fingerprint density at radius 3 is 1.70 bits per heavy atom. The number of carbonyl (C=O) groups is 2. The first-order valence-corrected chi connectivity index (χ1v) is 25.1. The molecule has 4 atom stereocenters. The van der Waals surface area contributed by atoms with Gasteiger partial charge in [-0.15, -0.1) is 0 Å². The highest BCUT2D eigenvalue weighted by Crippen LogP contribution is 2.43. The summed E-state index contributed by atoms with van der Waals surface area (Å²) in [4.78, 5) is 52.7. The molecule has 0 aromatic heterocycles. The molecule has 60 heavy (non-hydrogen) atoms. The zero-order valence-corrected chi connectivity index (χ0v) is 38.2. The molecule has 0 heterocycles. The highest BCUT2D eigenvalue weighted by Gasteiger charge is 2.28. The van der Waals surface area contributed by atoms with Crippen LogP contribution in [0.1, 0.15) is 162 Å². The van der Waals surface area contributed by atoms with Crippen molar-refractivity contribution in [2.75, 3.05) is 26.4 Å². The van der Waals surface area contributed by atoms with E-state index in [1.165, 1.54) is 64.2 Å². The smallest absolute Gasteiger partial charge is 0.462 e. The molecule has 0 amide bonds. The van der Waals surface area contributed by atoms with Crippen LogP contribution >= 0.6 is 15.6 Å². The second kappa shape index (κ2) is 39.6. The largest absolute Gasteiger partial charge is 0.472 e. The van der Waals surface area contributed by atoms with Gasteiger partial charge in [-0.1, -0.05) is 145 Å². The van der Waals surface area contributed by atoms with Crippen LogP contribution in [0, 0.1) is 0 Å². The van der Waals surface area contributed by atoms with Gasteiger partial charge in [0.25, 0.3) is 0 Å². The van der Waals surface area contributed by atoms with Crippen LogP contribution in [0.15, 0.2) is 60.8 Å². The van der Waals surface area contributed by atoms with Gasteiger partial charge in [0.1, 0.15) is 12.7 Å². The van der Waals surface area contributed by atoms with E-state index in [2.05, 4.69) is 59.4 Å². The molecule has 0 saturated heterocycles. The molecule has 14 nitrogen and oxygen atoms in total. The molecule has 0 rings (SSSR count). The highest BCUT2D eigenvalue weighted by atomic mass is 31.2. The van der Waals surface area contributed by atoms with E-state index in [-0.39, 0.29) is 25.7 Å². The number of phosphoric ester groups is 2. The average Bonchev–Trinajstić information content (AvgIpc) is 3.20. The van der Waals surface area contributed by atoms with Gasteiger partial charge in [0, 0.05) is 12.8 Å². The topological polar surface area (TPSA) is 216 Å². The third-order valence-electron chi connectivity index (χ3n) is 9.00. The summed E-state index contributed by atoms with van der Waals surface area (Å²) in [6, 6.07) is 0. The second-order valence-electron chi connectivity index (χ2n) is 14.8. The molecule has 0 aromatic rings. The van der Waals surface area contributed by atoms with Crippen molar-refractivity contribution in [1.82, 2.24) is 0 Å². The predicted octanol–water partition coefficient (Wildman–Crippen LogP) is 10.2. The fraction of sp³-hybridized carbons (Fsp3) is 0.727. The summed E-state index contributed by atoms with van der Waals surface area (Å²) in [6.07, 6.45) is 38.1. The summed E-state index contributed by atoms with van der Waals surface area (Å²) >= 11 is 0. The van der Waals surface area contributed by atoms with Crippen molar-refractivity contribution >= 4 is 27.6 Å². The number of aliphatic hydroxyl groups excluding tert-OH is 2. The van der Waals surface area contributed by atoms with E-state index in [0.29, 0.717) is 6.42 Å². The van der Waals surface area contributed by atoms with Crippen LogP contribution in [0.5, 0.6) is 0 Å². The van der Waals surface area contributed by atoms with Crippen LogP contribution in [0.3, 0.4) is 0 Å². The molecule has 348 valence electrons. The molecular weight excluding hydrogens is 814 g/mol. The fourth-order valence-electron chi connectivity index (χ4n) is 5.58. The van der Waals surface area contributed by atoms with Gasteiger partial charge in [0.2, 0.25) is 0 Å². The monoisotopic (exact) mass is 892 g/mol. The molecule has 0 radical (unpaired) electrons. The van der Waals surface area contributed by atoms with E-state index < -0.39 is 72.3 Å². The maximum atomic E-state index is 12.7. The van der Waals surface area contributed by atoms with Crippen LogP contribution in [-0.2, 0) is 41.8 Å². The van der Waals surface area contributed by atoms with Crippen molar-refractivity contribution in [3.8, 4) is 0 Å². The Balaban J connectivity index is 4.74. The fourth-order valence-corrected chi connectivity index (χ4v) is 6.74. The number of hydrogen-bond acceptors (Lipinski definition) is 11. The summed E-state index contributed by atoms with van der Waals surface area (Å²) in [5, 5.41) is 20.0. The maximum Gasteiger partial charge on any atom is 0.472 e. The molecule has 16 heteroatoms. The normalized spacial score (nSPS) is 15.1. The summed E-state index contributed by atoms with van der Waals surface area (Å²) < 4.78 is 47.6. The van der Waals surface area contributed by atoms with Gasteiger partial charge in [-0.05, 0) is 64.2 Å². The lowest BCUT2D eigenvalue weighted by atomic mass is 10.1. The van der Waals surface area contributed by atoms with E-state index in [1.807, 2.05) is 12.2 Å². The standard InChI is InChI=1S/C44H78O14P2/c1-3-5-7-9-11-13-15-17-18-20-22-24-26-28-30-34-43(47)54-38-42(39-57-60(52,53)56-37-41(46)36-55-59(49,50)51)58-44(48)35-31-33-40(45)32-29-27-25-23-21-19-16-14-12-10-8-6-4-2/h13,15,17-19,21,25,27,29,32,40-42,45-46H,3-12,14,16,20,22-24,26,28,30-31,33-39H2,1-2H3,(H,52,53)(H2,49,50,51)/b15-13-,18-17-,21-19+,27-25+,32-29+/t40?,41-,42+/m0/s1.